The highest BCUT2D eigenvalue weighted by molar-refractivity contribution is 6.31. The standard InChI is InChI=1S/C13H14ClN3/c1-9-5-10(3-4-12(9)14)13(15-2)11-6-16-8-17-7-11/h3-8,13,15H,1-2H3. The Morgan fingerprint density at radius 3 is 2.47 bits per heavy atom. The van der Waals surface area contributed by atoms with Crippen molar-refractivity contribution < 1.29 is 0 Å². The van der Waals surface area contributed by atoms with Crippen LogP contribution in [0.2, 0.25) is 5.02 Å². The van der Waals surface area contributed by atoms with Gasteiger partial charge in [-0.2, -0.15) is 0 Å². The van der Waals surface area contributed by atoms with Crippen LogP contribution in [0.4, 0.5) is 0 Å². The van der Waals surface area contributed by atoms with Crippen molar-refractivity contribution in [2.75, 3.05) is 7.05 Å². The molecule has 17 heavy (non-hydrogen) atoms. The second-order valence-corrected chi connectivity index (χ2v) is 4.31. The van der Waals surface area contributed by atoms with Crippen LogP contribution < -0.4 is 5.32 Å². The Labute approximate surface area is 106 Å². The monoisotopic (exact) mass is 247 g/mol. The van der Waals surface area contributed by atoms with Crippen molar-refractivity contribution in [2.24, 2.45) is 0 Å². The molecular weight excluding hydrogens is 234 g/mol. The lowest BCUT2D eigenvalue weighted by molar-refractivity contribution is 0.684. The molecule has 0 aliphatic carbocycles. The quantitative estimate of drug-likeness (QED) is 0.906. The van der Waals surface area contributed by atoms with Crippen LogP contribution in [-0.4, -0.2) is 17.0 Å². The van der Waals surface area contributed by atoms with E-state index in [1.54, 1.807) is 0 Å². The molecule has 0 amide bonds. The fourth-order valence-electron chi connectivity index (χ4n) is 1.83. The molecule has 88 valence electrons. The summed E-state index contributed by atoms with van der Waals surface area (Å²) in [4.78, 5) is 8.08. The van der Waals surface area contributed by atoms with Gasteiger partial charge in [0, 0.05) is 23.0 Å². The van der Waals surface area contributed by atoms with E-state index < -0.39 is 0 Å². The Kier molecular flexibility index (Phi) is 3.71. The summed E-state index contributed by atoms with van der Waals surface area (Å²) in [7, 11) is 1.92. The van der Waals surface area contributed by atoms with E-state index in [-0.39, 0.29) is 6.04 Å². The van der Waals surface area contributed by atoms with Gasteiger partial charge >= 0.3 is 0 Å². The highest BCUT2D eigenvalue weighted by atomic mass is 35.5. The van der Waals surface area contributed by atoms with Crippen molar-refractivity contribution in [3.63, 3.8) is 0 Å². The summed E-state index contributed by atoms with van der Waals surface area (Å²) < 4.78 is 0. The smallest absolute Gasteiger partial charge is 0.115 e. The molecule has 0 radical (unpaired) electrons. The number of aromatic nitrogens is 2. The number of rotatable bonds is 3. The first-order chi connectivity index (χ1) is 8.22. The van der Waals surface area contributed by atoms with Crippen LogP contribution >= 0.6 is 11.6 Å². The minimum Gasteiger partial charge on any atom is -0.309 e. The number of halogens is 1. The van der Waals surface area contributed by atoms with Gasteiger partial charge in [-0.3, -0.25) is 0 Å². The lowest BCUT2D eigenvalue weighted by atomic mass is 10.00. The summed E-state index contributed by atoms with van der Waals surface area (Å²) in [6.07, 6.45) is 5.17. The molecule has 2 rings (SSSR count). The summed E-state index contributed by atoms with van der Waals surface area (Å²) in [6, 6.07) is 6.10. The van der Waals surface area contributed by atoms with E-state index in [0.29, 0.717) is 0 Å². The van der Waals surface area contributed by atoms with Gasteiger partial charge < -0.3 is 5.32 Å². The van der Waals surface area contributed by atoms with Gasteiger partial charge in [0.1, 0.15) is 6.33 Å². The molecule has 1 aromatic carbocycles. The molecule has 1 heterocycles. The van der Waals surface area contributed by atoms with E-state index in [9.17, 15) is 0 Å². The third-order valence-electron chi connectivity index (χ3n) is 2.72. The lowest BCUT2D eigenvalue weighted by Gasteiger charge is -2.17. The van der Waals surface area contributed by atoms with E-state index in [1.165, 1.54) is 6.33 Å². The molecule has 1 atom stereocenters. The molecule has 0 aliphatic rings. The van der Waals surface area contributed by atoms with Gasteiger partial charge in [-0.05, 0) is 31.2 Å². The van der Waals surface area contributed by atoms with Gasteiger partial charge in [0.2, 0.25) is 0 Å². The number of nitrogens with one attached hydrogen (secondary N) is 1. The van der Waals surface area contributed by atoms with Crippen LogP contribution in [0.5, 0.6) is 0 Å². The van der Waals surface area contributed by atoms with Crippen LogP contribution in [-0.2, 0) is 0 Å². The first-order valence-electron chi connectivity index (χ1n) is 5.40. The van der Waals surface area contributed by atoms with Gasteiger partial charge in [-0.1, -0.05) is 23.7 Å². The summed E-state index contributed by atoms with van der Waals surface area (Å²) in [5.74, 6) is 0. The number of benzene rings is 1. The molecule has 1 aromatic heterocycles. The minimum absolute atomic E-state index is 0.0900. The Morgan fingerprint density at radius 1 is 1.18 bits per heavy atom. The van der Waals surface area contributed by atoms with Crippen molar-refractivity contribution in [2.45, 2.75) is 13.0 Å². The van der Waals surface area contributed by atoms with E-state index in [2.05, 4.69) is 21.4 Å². The number of aryl methyl sites for hydroxylation is 1. The van der Waals surface area contributed by atoms with Gasteiger partial charge in [0.25, 0.3) is 0 Å². The Morgan fingerprint density at radius 2 is 1.88 bits per heavy atom. The average molecular weight is 248 g/mol. The van der Waals surface area contributed by atoms with Crippen LogP contribution in [0.1, 0.15) is 22.7 Å². The molecule has 0 saturated carbocycles. The third kappa shape index (κ3) is 2.62. The van der Waals surface area contributed by atoms with Gasteiger partial charge in [0.05, 0.1) is 6.04 Å². The fraction of sp³-hybridized carbons (Fsp3) is 0.231. The fourth-order valence-corrected chi connectivity index (χ4v) is 1.95. The molecular formula is C13H14ClN3. The van der Waals surface area contributed by atoms with Crippen LogP contribution in [0, 0.1) is 6.92 Å². The Hall–Kier alpha value is -1.45. The van der Waals surface area contributed by atoms with Crippen molar-refractivity contribution in [1.82, 2.24) is 15.3 Å². The SMILES string of the molecule is CNC(c1cncnc1)c1ccc(Cl)c(C)c1. The van der Waals surface area contributed by atoms with E-state index in [4.69, 9.17) is 11.6 Å². The summed E-state index contributed by atoms with van der Waals surface area (Å²) >= 11 is 6.03. The number of nitrogens with zero attached hydrogens (tertiary/aromatic N) is 2. The first-order valence-corrected chi connectivity index (χ1v) is 5.78. The topological polar surface area (TPSA) is 37.8 Å². The molecule has 0 bridgehead atoms. The average Bonchev–Trinajstić information content (AvgIpc) is 2.36. The zero-order chi connectivity index (χ0) is 12.3. The van der Waals surface area contributed by atoms with Crippen molar-refractivity contribution in [3.8, 4) is 0 Å². The highest BCUT2D eigenvalue weighted by Crippen LogP contribution is 2.24. The molecule has 1 N–H and O–H groups in total. The predicted molar refractivity (Wildman–Crippen MR) is 69.1 cm³/mol. The molecule has 1 unspecified atom stereocenters. The molecule has 0 aliphatic heterocycles. The molecule has 2 aromatic rings. The first kappa shape index (κ1) is 12.0. The van der Waals surface area contributed by atoms with Crippen molar-refractivity contribution in [3.05, 3.63) is 58.6 Å². The van der Waals surface area contributed by atoms with Crippen LogP contribution in [0.25, 0.3) is 0 Å². The zero-order valence-electron chi connectivity index (χ0n) is 9.81. The Bertz CT molecular complexity index is 499. The second-order valence-electron chi connectivity index (χ2n) is 3.90. The Balaban J connectivity index is 2.39. The summed E-state index contributed by atoms with van der Waals surface area (Å²) in [5, 5.41) is 4.04. The maximum atomic E-state index is 6.03. The molecule has 0 saturated heterocycles. The van der Waals surface area contributed by atoms with Crippen molar-refractivity contribution >= 4 is 11.6 Å². The van der Waals surface area contributed by atoms with E-state index in [0.717, 1.165) is 21.7 Å². The van der Waals surface area contributed by atoms with Crippen LogP contribution in [0.3, 0.4) is 0 Å². The lowest BCUT2D eigenvalue weighted by Crippen LogP contribution is -2.18. The van der Waals surface area contributed by atoms with E-state index in [1.807, 2.05) is 38.5 Å². The summed E-state index contributed by atoms with van der Waals surface area (Å²) in [5.41, 5.74) is 3.27. The van der Waals surface area contributed by atoms with Gasteiger partial charge in [-0.25, -0.2) is 9.97 Å². The van der Waals surface area contributed by atoms with Gasteiger partial charge in [-0.15, -0.1) is 0 Å². The number of hydrogen-bond donors (Lipinski definition) is 1. The second kappa shape index (κ2) is 5.25. The highest BCUT2D eigenvalue weighted by Gasteiger charge is 2.12. The number of hydrogen-bond acceptors (Lipinski definition) is 3. The molecule has 0 spiro atoms. The maximum absolute atomic E-state index is 6.03. The minimum atomic E-state index is 0.0900. The molecule has 3 nitrogen and oxygen atoms in total. The van der Waals surface area contributed by atoms with E-state index >= 15 is 0 Å². The summed E-state index contributed by atoms with van der Waals surface area (Å²) in [6.45, 7) is 2.00. The predicted octanol–water partition coefficient (Wildman–Crippen LogP) is 2.75. The van der Waals surface area contributed by atoms with Gasteiger partial charge in [0.15, 0.2) is 0 Å². The largest absolute Gasteiger partial charge is 0.309 e. The van der Waals surface area contributed by atoms with Crippen molar-refractivity contribution in [1.29, 1.82) is 0 Å². The third-order valence-corrected chi connectivity index (χ3v) is 3.14. The molecule has 0 fully saturated rings. The molecule has 4 heteroatoms. The normalized spacial score (nSPS) is 12.4. The van der Waals surface area contributed by atoms with Crippen LogP contribution in [0.15, 0.2) is 36.9 Å². The maximum Gasteiger partial charge on any atom is 0.115 e. The zero-order valence-corrected chi connectivity index (χ0v) is 10.6.